The zero-order valence-electron chi connectivity index (χ0n) is 20.3. The lowest BCUT2D eigenvalue weighted by Crippen LogP contribution is -2.72. The highest BCUT2D eigenvalue weighted by Gasteiger charge is 2.78. The van der Waals surface area contributed by atoms with Gasteiger partial charge in [-0.2, -0.15) is 0 Å². The summed E-state index contributed by atoms with van der Waals surface area (Å²) in [5, 5.41) is 13.6. The Morgan fingerprint density at radius 2 is 1.92 bits per heavy atom. The molecular formula is C24H24ClF2N7O3. The summed E-state index contributed by atoms with van der Waals surface area (Å²) in [6.07, 6.45) is 2.13. The van der Waals surface area contributed by atoms with Crippen molar-refractivity contribution in [2.45, 2.75) is 45.1 Å². The van der Waals surface area contributed by atoms with Gasteiger partial charge in [-0.05, 0) is 51.3 Å². The average molecular weight is 532 g/mol. The molecule has 3 heterocycles. The summed E-state index contributed by atoms with van der Waals surface area (Å²) in [5.74, 6) is -2.81. The summed E-state index contributed by atoms with van der Waals surface area (Å²) in [4.78, 5) is 33.5. The number of carbonyl (C=O) groups is 2. The lowest BCUT2D eigenvalue weighted by atomic mass is 9.33. The van der Waals surface area contributed by atoms with Gasteiger partial charge >= 0.3 is 6.09 Å². The Kier molecular flexibility index (Phi) is 5.89. The molecule has 2 N–H and O–H groups in total. The summed E-state index contributed by atoms with van der Waals surface area (Å²) in [6.45, 7) is 2.59. The Balaban J connectivity index is 1.23. The number of ether oxygens (including phenoxy) is 1. The number of alkyl halides is 2. The fourth-order valence-corrected chi connectivity index (χ4v) is 5.36. The Hall–Kier alpha value is -3.67. The summed E-state index contributed by atoms with van der Waals surface area (Å²) in [6, 6.07) is 6.63. The minimum Gasteiger partial charge on any atom is -0.441 e. The van der Waals surface area contributed by atoms with Crippen molar-refractivity contribution in [3.63, 3.8) is 0 Å². The van der Waals surface area contributed by atoms with E-state index in [0.717, 1.165) is 6.92 Å². The SMILES string of the molecule is C[C@@H](OC(=O)Nc1c(-c2ccc(NC(=O)C34CC(C(C)(F)F)(C3)C4)cn2)nnn1C)c1cccnc1Cl. The molecule has 6 rings (SSSR count). The van der Waals surface area contributed by atoms with Gasteiger partial charge in [-0.3, -0.25) is 15.1 Å². The zero-order valence-corrected chi connectivity index (χ0v) is 21.0. The molecule has 0 saturated heterocycles. The Morgan fingerprint density at radius 1 is 1.19 bits per heavy atom. The Morgan fingerprint density at radius 3 is 2.54 bits per heavy atom. The lowest BCUT2D eigenvalue weighted by molar-refractivity contribution is -0.293. The van der Waals surface area contributed by atoms with Crippen LogP contribution in [0.2, 0.25) is 5.15 Å². The van der Waals surface area contributed by atoms with E-state index in [-0.39, 0.29) is 41.8 Å². The predicted octanol–water partition coefficient (Wildman–Crippen LogP) is 5.00. The molecule has 0 spiro atoms. The van der Waals surface area contributed by atoms with Gasteiger partial charge in [0.1, 0.15) is 11.3 Å². The highest BCUT2D eigenvalue weighted by molar-refractivity contribution is 6.30. The molecule has 3 aliphatic rings. The van der Waals surface area contributed by atoms with Crippen molar-refractivity contribution in [1.29, 1.82) is 0 Å². The number of rotatable bonds is 7. The lowest BCUT2D eigenvalue weighted by Gasteiger charge is -2.70. The predicted molar refractivity (Wildman–Crippen MR) is 130 cm³/mol. The number of nitrogens with one attached hydrogen (secondary N) is 2. The molecule has 3 fully saturated rings. The van der Waals surface area contributed by atoms with Crippen LogP contribution in [0.5, 0.6) is 0 Å². The van der Waals surface area contributed by atoms with Crippen molar-refractivity contribution in [2.75, 3.05) is 10.6 Å². The van der Waals surface area contributed by atoms with E-state index in [1.165, 1.54) is 17.1 Å². The van der Waals surface area contributed by atoms with Gasteiger partial charge in [-0.1, -0.05) is 22.9 Å². The second-order valence-corrected chi connectivity index (χ2v) is 10.2. The standard InChI is InChI=1S/C24H24ClF2N7O3/c1-13(15-5-4-8-28-18(15)25)37-21(36)31-19-17(32-33-34(19)3)16-7-6-14(9-29-16)30-20(35)23-10-24(11-23,12-23)22(2,26)27/h4-9,13H,10-12H2,1-3H3,(H,30,35)(H,31,36)/t13-,23?,24?/m1/s1. The second kappa shape index (κ2) is 8.72. The van der Waals surface area contributed by atoms with Crippen LogP contribution in [-0.2, 0) is 16.6 Å². The van der Waals surface area contributed by atoms with Crippen LogP contribution in [0, 0.1) is 10.8 Å². The van der Waals surface area contributed by atoms with Crippen molar-refractivity contribution in [3.8, 4) is 11.4 Å². The molecule has 3 saturated carbocycles. The van der Waals surface area contributed by atoms with Gasteiger partial charge in [0, 0.05) is 24.2 Å². The number of aryl methyl sites for hydroxylation is 1. The molecule has 194 valence electrons. The van der Waals surface area contributed by atoms with Gasteiger partial charge in [0.05, 0.1) is 23.0 Å². The molecule has 2 bridgehead atoms. The van der Waals surface area contributed by atoms with Crippen molar-refractivity contribution in [3.05, 3.63) is 47.4 Å². The third-order valence-corrected chi connectivity index (χ3v) is 7.58. The molecule has 37 heavy (non-hydrogen) atoms. The largest absolute Gasteiger partial charge is 0.441 e. The molecule has 3 aromatic rings. The van der Waals surface area contributed by atoms with Crippen LogP contribution in [0.1, 0.15) is 44.8 Å². The van der Waals surface area contributed by atoms with Gasteiger partial charge in [0.15, 0.2) is 11.5 Å². The summed E-state index contributed by atoms with van der Waals surface area (Å²) in [7, 11) is 1.60. The zero-order chi connectivity index (χ0) is 26.6. The first-order valence-corrected chi connectivity index (χ1v) is 11.9. The summed E-state index contributed by atoms with van der Waals surface area (Å²) in [5.41, 5.74) is -0.103. The van der Waals surface area contributed by atoms with Crippen molar-refractivity contribution in [1.82, 2.24) is 25.0 Å². The van der Waals surface area contributed by atoms with E-state index in [1.807, 2.05) is 0 Å². The number of carbonyl (C=O) groups excluding carboxylic acids is 2. The quantitative estimate of drug-likeness (QED) is 0.411. The van der Waals surface area contributed by atoms with Crippen LogP contribution >= 0.6 is 11.6 Å². The first-order chi connectivity index (χ1) is 17.4. The molecule has 1 atom stereocenters. The minimum atomic E-state index is -2.78. The molecule has 0 unspecified atom stereocenters. The number of pyridine rings is 2. The first kappa shape index (κ1) is 25.0. The van der Waals surface area contributed by atoms with E-state index < -0.39 is 28.9 Å². The molecule has 3 aromatic heterocycles. The molecule has 3 aliphatic carbocycles. The maximum Gasteiger partial charge on any atom is 0.413 e. The van der Waals surface area contributed by atoms with Crippen molar-refractivity contribution in [2.24, 2.45) is 17.9 Å². The normalized spacial score (nSPS) is 22.9. The van der Waals surface area contributed by atoms with Crippen molar-refractivity contribution < 1.29 is 23.1 Å². The highest BCUT2D eigenvalue weighted by atomic mass is 35.5. The number of anilines is 2. The van der Waals surface area contributed by atoms with Crippen LogP contribution in [0.25, 0.3) is 11.4 Å². The molecular weight excluding hydrogens is 508 g/mol. The minimum absolute atomic E-state index is 0.192. The van der Waals surface area contributed by atoms with Gasteiger partial charge in [0.25, 0.3) is 5.92 Å². The number of hydrogen-bond acceptors (Lipinski definition) is 7. The van der Waals surface area contributed by atoms with Crippen LogP contribution < -0.4 is 10.6 Å². The third kappa shape index (κ3) is 4.28. The monoisotopic (exact) mass is 531 g/mol. The number of nitrogens with zero attached hydrogens (tertiary/aromatic N) is 5. The maximum atomic E-state index is 13.7. The van der Waals surface area contributed by atoms with E-state index in [1.54, 1.807) is 38.2 Å². The molecule has 0 radical (unpaired) electrons. The van der Waals surface area contributed by atoms with E-state index in [4.69, 9.17) is 16.3 Å². The van der Waals surface area contributed by atoms with Crippen LogP contribution in [0.4, 0.5) is 25.1 Å². The molecule has 0 aromatic carbocycles. The Bertz CT molecular complexity index is 1350. The van der Waals surface area contributed by atoms with Crippen LogP contribution in [-0.4, -0.2) is 42.9 Å². The third-order valence-electron chi connectivity index (χ3n) is 7.26. The Labute approximate surface area is 215 Å². The summed E-state index contributed by atoms with van der Waals surface area (Å²) < 4.78 is 34.2. The fraction of sp³-hybridized carbons (Fsp3) is 0.417. The average Bonchev–Trinajstić information content (AvgIpc) is 3.11. The van der Waals surface area contributed by atoms with Gasteiger partial charge in [-0.15, -0.1) is 5.10 Å². The molecule has 13 heteroatoms. The van der Waals surface area contributed by atoms with E-state index in [9.17, 15) is 18.4 Å². The van der Waals surface area contributed by atoms with Gasteiger partial charge in [-0.25, -0.2) is 23.2 Å². The van der Waals surface area contributed by atoms with Gasteiger partial charge in [0.2, 0.25) is 5.91 Å². The molecule has 10 nitrogen and oxygen atoms in total. The first-order valence-electron chi connectivity index (χ1n) is 11.6. The fourth-order valence-electron chi connectivity index (χ4n) is 5.09. The number of halogens is 3. The number of hydrogen-bond donors (Lipinski definition) is 2. The van der Waals surface area contributed by atoms with E-state index >= 15 is 0 Å². The van der Waals surface area contributed by atoms with E-state index in [0.29, 0.717) is 16.9 Å². The van der Waals surface area contributed by atoms with Crippen molar-refractivity contribution >= 4 is 35.1 Å². The maximum absolute atomic E-state index is 13.7. The van der Waals surface area contributed by atoms with E-state index in [2.05, 4.69) is 30.9 Å². The highest BCUT2D eigenvalue weighted by Crippen LogP contribution is 2.78. The molecule has 0 aliphatic heterocycles. The van der Waals surface area contributed by atoms with Crippen LogP contribution in [0.15, 0.2) is 36.7 Å². The second-order valence-electron chi connectivity index (χ2n) is 9.83. The van der Waals surface area contributed by atoms with Gasteiger partial charge < -0.3 is 10.1 Å². The number of aromatic nitrogens is 5. The molecule has 2 amide bonds. The van der Waals surface area contributed by atoms with Crippen LogP contribution in [0.3, 0.4) is 0 Å². The topological polar surface area (TPSA) is 124 Å². The summed E-state index contributed by atoms with van der Waals surface area (Å²) >= 11 is 6.07. The number of amides is 2. The smallest absolute Gasteiger partial charge is 0.413 e.